The van der Waals surface area contributed by atoms with Gasteiger partial charge in [-0.25, -0.2) is 0 Å². The molecule has 4 heteroatoms. The van der Waals surface area contributed by atoms with Crippen LogP contribution < -0.4 is 4.74 Å². The Hall–Kier alpha value is -1.58. The molecule has 0 saturated heterocycles. The summed E-state index contributed by atoms with van der Waals surface area (Å²) in [4.78, 5) is 4.04. The third kappa shape index (κ3) is 3.45. The van der Waals surface area contributed by atoms with Crippen molar-refractivity contribution < 1.29 is 9.84 Å². The van der Waals surface area contributed by atoms with E-state index >= 15 is 0 Å². The fourth-order valence-corrected chi connectivity index (χ4v) is 1.69. The molecular formula is C14H14ClNO2. The van der Waals surface area contributed by atoms with Gasteiger partial charge in [0.1, 0.15) is 18.5 Å². The van der Waals surface area contributed by atoms with Crippen LogP contribution in [0, 0.1) is 6.92 Å². The van der Waals surface area contributed by atoms with Gasteiger partial charge < -0.3 is 9.84 Å². The van der Waals surface area contributed by atoms with E-state index in [1.165, 1.54) is 0 Å². The van der Waals surface area contributed by atoms with Gasteiger partial charge in [-0.05, 0) is 36.8 Å². The second-order valence-corrected chi connectivity index (χ2v) is 4.51. The third-order valence-electron chi connectivity index (χ3n) is 2.50. The van der Waals surface area contributed by atoms with Gasteiger partial charge in [0.15, 0.2) is 0 Å². The van der Waals surface area contributed by atoms with E-state index in [2.05, 4.69) is 4.98 Å². The number of aliphatic hydroxyl groups excluding tert-OH is 1. The molecule has 2 rings (SSSR count). The zero-order valence-corrected chi connectivity index (χ0v) is 10.8. The molecule has 0 aliphatic rings. The molecule has 1 N–H and O–H groups in total. The molecular weight excluding hydrogens is 250 g/mol. The number of pyridine rings is 1. The Morgan fingerprint density at radius 1 is 1.28 bits per heavy atom. The Labute approximate surface area is 111 Å². The van der Waals surface area contributed by atoms with Crippen LogP contribution >= 0.6 is 11.6 Å². The number of hydrogen-bond acceptors (Lipinski definition) is 3. The van der Waals surface area contributed by atoms with E-state index < -0.39 is 6.10 Å². The van der Waals surface area contributed by atoms with Gasteiger partial charge in [0, 0.05) is 23.0 Å². The lowest BCUT2D eigenvalue weighted by Crippen LogP contribution is -2.10. The normalized spacial score (nSPS) is 12.2. The Balaban J connectivity index is 1.96. The maximum atomic E-state index is 9.97. The van der Waals surface area contributed by atoms with Gasteiger partial charge in [-0.3, -0.25) is 4.98 Å². The minimum atomic E-state index is -0.687. The summed E-state index contributed by atoms with van der Waals surface area (Å²) >= 11 is 5.77. The summed E-state index contributed by atoms with van der Waals surface area (Å²) in [5.74, 6) is 0.680. The molecule has 0 radical (unpaired) electrons. The smallest absolute Gasteiger partial charge is 0.119 e. The van der Waals surface area contributed by atoms with Gasteiger partial charge in [0.25, 0.3) is 0 Å². The van der Waals surface area contributed by atoms with E-state index in [1.54, 1.807) is 36.7 Å². The van der Waals surface area contributed by atoms with Gasteiger partial charge >= 0.3 is 0 Å². The van der Waals surface area contributed by atoms with Crippen molar-refractivity contribution in [2.45, 2.75) is 13.0 Å². The zero-order valence-electron chi connectivity index (χ0n) is 10.0. The molecule has 0 fully saturated rings. The van der Waals surface area contributed by atoms with E-state index in [0.29, 0.717) is 10.8 Å². The summed E-state index contributed by atoms with van der Waals surface area (Å²) in [5, 5.41) is 10.6. The second-order valence-electron chi connectivity index (χ2n) is 4.08. The van der Waals surface area contributed by atoms with Crippen LogP contribution in [0.4, 0.5) is 0 Å². The fourth-order valence-electron chi connectivity index (χ4n) is 1.56. The SMILES string of the molecule is Cc1cncc(C(O)COc2ccc(Cl)cc2)c1. The highest BCUT2D eigenvalue weighted by Gasteiger charge is 2.09. The van der Waals surface area contributed by atoms with Crippen molar-refractivity contribution in [2.24, 2.45) is 0 Å². The standard InChI is InChI=1S/C14H14ClNO2/c1-10-6-11(8-16-7-10)14(17)9-18-13-4-2-12(15)3-5-13/h2-8,14,17H,9H2,1H3. The Morgan fingerprint density at radius 2 is 2.00 bits per heavy atom. The molecule has 1 atom stereocenters. The highest BCUT2D eigenvalue weighted by atomic mass is 35.5. The molecule has 1 heterocycles. The Kier molecular flexibility index (Phi) is 4.18. The summed E-state index contributed by atoms with van der Waals surface area (Å²) in [6, 6.07) is 8.92. The van der Waals surface area contributed by atoms with Crippen molar-refractivity contribution in [2.75, 3.05) is 6.61 Å². The van der Waals surface area contributed by atoms with Gasteiger partial charge in [0.2, 0.25) is 0 Å². The highest BCUT2D eigenvalue weighted by molar-refractivity contribution is 6.30. The van der Waals surface area contributed by atoms with Crippen LogP contribution in [-0.2, 0) is 0 Å². The lowest BCUT2D eigenvalue weighted by molar-refractivity contribution is 0.108. The summed E-state index contributed by atoms with van der Waals surface area (Å²) in [6.45, 7) is 2.12. The molecule has 1 aromatic carbocycles. The lowest BCUT2D eigenvalue weighted by atomic mass is 10.1. The monoisotopic (exact) mass is 263 g/mol. The summed E-state index contributed by atoms with van der Waals surface area (Å²) < 4.78 is 5.48. The van der Waals surface area contributed by atoms with Crippen molar-refractivity contribution in [3.63, 3.8) is 0 Å². The van der Waals surface area contributed by atoms with E-state index in [-0.39, 0.29) is 6.61 Å². The third-order valence-corrected chi connectivity index (χ3v) is 2.75. The topological polar surface area (TPSA) is 42.4 Å². The number of ether oxygens (including phenoxy) is 1. The average molecular weight is 264 g/mol. The van der Waals surface area contributed by atoms with Crippen LogP contribution in [0.25, 0.3) is 0 Å². The van der Waals surface area contributed by atoms with Crippen LogP contribution in [0.5, 0.6) is 5.75 Å². The molecule has 0 spiro atoms. The molecule has 0 aliphatic carbocycles. The molecule has 3 nitrogen and oxygen atoms in total. The van der Waals surface area contributed by atoms with Crippen molar-refractivity contribution in [3.8, 4) is 5.75 Å². The van der Waals surface area contributed by atoms with Gasteiger partial charge in [-0.2, -0.15) is 0 Å². The molecule has 1 unspecified atom stereocenters. The predicted molar refractivity (Wildman–Crippen MR) is 70.9 cm³/mol. The number of benzene rings is 1. The number of nitrogens with zero attached hydrogens (tertiary/aromatic N) is 1. The number of hydrogen-bond donors (Lipinski definition) is 1. The van der Waals surface area contributed by atoms with Gasteiger partial charge in [0.05, 0.1) is 0 Å². The van der Waals surface area contributed by atoms with E-state index in [1.807, 2.05) is 13.0 Å². The first kappa shape index (κ1) is 12.9. The summed E-state index contributed by atoms with van der Waals surface area (Å²) in [5.41, 5.74) is 1.77. The number of aliphatic hydroxyl groups is 1. The molecule has 0 aliphatic heterocycles. The quantitative estimate of drug-likeness (QED) is 0.921. The largest absolute Gasteiger partial charge is 0.491 e. The maximum absolute atomic E-state index is 9.97. The lowest BCUT2D eigenvalue weighted by Gasteiger charge is -2.12. The van der Waals surface area contributed by atoms with E-state index in [0.717, 1.165) is 11.1 Å². The Bertz CT molecular complexity index is 513. The molecule has 1 aromatic heterocycles. The predicted octanol–water partition coefficient (Wildman–Crippen LogP) is 3.16. The number of aromatic nitrogens is 1. The van der Waals surface area contributed by atoms with Crippen LogP contribution in [0.3, 0.4) is 0 Å². The van der Waals surface area contributed by atoms with Gasteiger partial charge in [-0.1, -0.05) is 17.7 Å². The van der Waals surface area contributed by atoms with Crippen LogP contribution in [0.1, 0.15) is 17.2 Å². The molecule has 0 saturated carbocycles. The van der Waals surface area contributed by atoms with Crippen LogP contribution in [0.2, 0.25) is 5.02 Å². The first-order valence-electron chi connectivity index (χ1n) is 5.63. The minimum Gasteiger partial charge on any atom is -0.491 e. The zero-order chi connectivity index (χ0) is 13.0. The average Bonchev–Trinajstić information content (AvgIpc) is 2.38. The summed E-state index contributed by atoms with van der Waals surface area (Å²) in [6.07, 6.45) is 2.70. The van der Waals surface area contributed by atoms with Crippen molar-refractivity contribution >= 4 is 11.6 Å². The van der Waals surface area contributed by atoms with Gasteiger partial charge in [-0.15, -0.1) is 0 Å². The molecule has 2 aromatic rings. The van der Waals surface area contributed by atoms with E-state index in [9.17, 15) is 5.11 Å². The van der Waals surface area contributed by atoms with Crippen molar-refractivity contribution in [1.82, 2.24) is 4.98 Å². The fraction of sp³-hybridized carbons (Fsp3) is 0.214. The number of rotatable bonds is 4. The summed E-state index contributed by atoms with van der Waals surface area (Å²) in [7, 11) is 0. The minimum absolute atomic E-state index is 0.187. The molecule has 18 heavy (non-hydrogen) atoms. The number of halogens is 1. The van der Waals surface area contributed by atoms with E-state index in [4.69, 9.17) is 16.3 Å². The van der Waals surface area contributed by atoms with Crippen molar-refractivity contribution in [3.05, 3.63) is 58.9 Å². The maximum Gasteiger partial charge on any atom is 0.119 e. The first-order valence-corrected chi connectivity index (χ1v) is 6.01. The molecule has 0 bridgehead atoms. The Morgan fingerprint density at radius 3 is 2.67 bits per heavy atom. The van der Waals surface area contributed by atoms with Crippen LogP contribution in [0.15, 0.2) is 42.7 Å². The second kappa shape index (κ2) is 5.85. The molecule has 0 amide bonds. The molecule has 94 valence electrons. The highest BCUT2D eigenvalue weighted by Crippen LogP contribution is 2.18. The van der Waals surface area contributed by atoms with Crippen molar-refractivity contribution in [1.29, 1.82) is 0 Å². The number of aryl methyl sites for hydroxylation is 1. The van der Waals surface area contributed by atoms with Crippen LogP contribution in [-0.4, -0.2) is 16.7 Å². The first-order chi connectivity index (χ1) is 8.65.